The highest BCUT2D eigenvalue weighted by Crippen LogP contribution is 2.38. The highest BCUT2D eigenvalue weighted by atomic mass is 35.5. The molecule has 1 saturated heterocycles. The number of amides is 1. The van der Waals surface area contributed by atoms with E-state index in [-0.39, 0.29) is 36.1 Å². The van der Waals surface area contributed by atoms with Gasteiger partial charge in [0.05, 0.1) is 5.02 Å². The Morgan fingerprint density at radius 1 is 1.12 bits per heavy atom. The lowest BCUT2D eigenvalue weighted by molar-refractivity contribution is -0.134. The van der Waals surface area contributed by atoms with Gasteiger partial charge in [0.15, 0.2) is 0 Å². The summed E-state index contributed by atoms with van der Waals surface area (Å²) in [6, 6.07) is 3.79. The zero-order valence-corrected chi connectivity index (χ0v) is 17.4. The first kappa shape index (κ1) is 23.3. The molecule has 1 saturated carbocycles. The minimum absolute atomic E-state index is 0. The van der Waals surface area contributed by atoms with Crippen molar-refractivity contribution in [1.29, 1.82) is 0 Å². The van der Waals surface area contributed by atoms with Crippen LogP contribution < -0.4 is 10.6 Å². The van der Waals surface area contributed by atoms with Crippen molar-refractivity contribution in [3.8, 4) is 0 Å². The number of aromatic nitrogens is 1. The fraction of sp³-hybridized carbons (Fsp3) is 0.667. The number of hydrogen-bond donors (Lipinski definition) is 1. The van der Waals surface area contributed by atoms with Crippen LogP contribution in [0, 0.1) is 5.41 Å². The van der Waals surface area contributed by atoms with E-state index in [9.17, 15) is 4.79 Å². The number of nitrogens with two attached hydrogens (primary N) is 1. The molecule has 1 amide bonds. The van der Waals surface area contributed by atoms with Crippen molar-refractivity contribution in [1.82, 2.24) is 9.88 Å². The summed E-state index contributed by atoms with van der Waals surface area (Å²) in [6.45, 7) is 3.77. The Morgan fingerprint density at radius 2 is 1.77 bits per heavy atom. The number of piperazine rings is 1. The van der Waals surface area contributed by atoms with E-state index in [0.29, 0.717) is 18.0 Å². The fourth-order valence-electron chi connectivity index (χ4n) is 3.93. The van der Waals surface area contributed by atoms with E-state index in [4.69, 9.17) is 17.3 Å². The van der Waals surface area contributed by atoms with E-state index in [1.165, 1.54) is 19.3 Å². The van der Waals surface area contributed by atoms with Crippen LogP contribution in [0.3, 0.4) is 0 Å². The first-order valence-electron chi connectivity index (χ1n) is 8.96. The third-order valence-electron chi connectivity index (χ3n) is 5.54. The Kier molecular flexibility index (Phi) is 9.45. The number of hydrogen-bond acceptors (Lipinski definition) is 4. The molecule has 1 aliphatic heterocycles. The molecule has 0 spiro atoms. The molecule has 5 nitrogen and oxygen atoms in total. The molecule has 1 aromatic rings. The molecule has 8 heteroatoms. The van der Waals surface area contributed by atoms with Crippen molar-refractivity contribution in [3.63, 3.8) is 0 Å². The Labute approximate surface area is 173 Å². The van der Waals surface area contributed by atoms with Gasteiger partial charge in [-0.1, -0.05) is 30.9 Å². The number of halogens is 3. The third-order valence-corrected chi connectivity index (χ3v) is 5.77. The molecule has 1 aromatic heterocycles. The van der Waals surface area contributed by atoms with Crippen LogP contribution in [0.25, 0.3) is 0 Å². The number of pyridine rings is 1. The quantitative estimate of drug-likeness (QED) is 0.804. The fourth-order valence-corrected chi connectivity index (χ4v) is 4.04. The van der Waals surface area contributed by atoms with Crippen molar-refractivity contribution in [2.45, 2.75) is 38.5 Å². The predicted molar refractivity (Wildman–Crippen MR) is 112 cm³/mol. The lowest BCUT2D eigenvalue weighted by atomic mass is 9.71. The summed E-state index contributed by atoms with van der Waals surface area (Å²) >= 11 is 5.89. The normalized spacial score (nSPS) is 19.3. The molecule has 0 bridgehead atoms. The Balaban J connectivity index is 0.00000169. The zero-order valence-electron chi connectivity index (χ0n) is 15.0. The minimum atomic E-state index is 0. The Morgan fingerprint density at radius 3 is 2.31 bits per heavy atom. The SMILES string of the molecule is Cl.Cl.NCC1(CC(=O)N2CCN(c3ccc(Cl)cn3)CC2)CCCCC1. The number of anilines is 1. The minimum Gasteiger partial charge on any atom is -0.353 e. The Hall–Kier alpha value is -0.750. The van der Waals surface area contributed by atoms with Gasteiger partial charge in [0.1, 0.15) is 5.82 Å². The number of carbonyl (C=O) groups excluding carboxylic acids is 1. The first-order valence-corrected chi connectivity index (χ1v) is 9.34. The zero-order chi connectivity index (χ0) is 17.0. The largest absolute Gasteiger partial charge is 0.353 e. The van der Waals surface area contributed by atoms with Crippen LogP contribution in [-0.4, -0.2) is 48.5 Å². The second kappa shape index (κ2) is 10.5. The predicted octanol–water partition coefficient (Wildman–Crippen LogP) is 3.53. The van der Waals surface area contributed by atoms with Crippen LogP contribution in [0.1, 0.15) is 38.5 Å². The van der Waals surface area contributed by atoms with E-state index in [1.54, 1.807) is 6.20 Å². The van der Waals surface area contributed by atoms with Crippen molar-refractivity contribution in [2.75, 3.05) is 37.6 Å². The summed E-state index contributed by atoms with van der Waals surface area (Å²) in [4.78, 5) is 21.3. The summed E-state index contributed by atoms with van der Waals surface area (Å²) in [5.41, 5.74) is 6.07. The Bertz CT molecular complexity index is 556. The van der Waals surface area contributed by atoms with Gasteiger partial charge in [-0.15, -0.1) is 24.8 Å². The van der Waals surface area contributed by atoms with E-state index < -0.39 is 0 Å². The van der Waals surface area contributed by atoms with Gasteiger partial charge >= 0.3 is 0 Å². The highest BCUT2D eigenvalue weighted by Gasteiger charge is 2.35. The number of nitrogens with zero attached hydrogens (tertiary/aromatic N) is 3. The lowest BCUT2D eigenvalue weighted by Gasteiger charge is -2.40. The summed E-state index contributed by atoms with van der Waals surface area (Å²) in [5.74, 6) is 1.20. The van der Waals surface area contributed by atoms with Gasteiger partial charge in [0, 0.05) is 38.8 Å². The first-order chi connectivity index (χ1) is 11.6. The topological polar surface area (TPSA) is 62.5 Å². The molecule has 1 aliphatic carbocycles. The maximum Gasteiger partial charge on any atom is 0.223 e. The van der Waals surface area contributed by atoms with Gasteiger partial charge in [0.2, 0.25) is 5.91 Å². The number of carbonyl (C=O) groups is 1. The standard InChI is InChI=1S/C18H27ClN4O.2ClH/c19-15-4-5-16(21-13-15)22-8-10-23(11-9-22)17(24)12-18(14-20)6-2-1-3-7-18;;/h4-5,13H,1-3,6-12,14,20H2;2*1H. The second-order valence-corrected chi connectivity index (χ2v) is 7.58. The van der Waals surface area contributed by atoms with Gasteiger partial charge in [-0.3, -0.25) is 4.79 Å². The summed E-state index contributed by atoms with van der Waals surface area (Å²) in [5, 5.41) is 0.645. The average molecular weight is 424 g/mol. The molecule has 0 aromatic carbocycles. The van der Waals surface area contributed by atoms with Crippen LogP contribution in [-0.2, 0) is 4.79 Å². The molecule has 2 fully saturated rings. The smallest absolute Gasteiger partial charge is 0.223 e. The molecule has 3 rings (SSSR count). The van der Waals surface area contributed by atoms with E-state index in [0.717, 1.165) is 44.8 Å². The lowest BCUT2D eigenvalue weighted by Crippen LogP contribution is -2.50. The monoisotopic (exact) mass is 422 g/mol. The third kappa shape index (κ3) is 5.62. The molecule has 0 unspecified atom stereocenters. The second-order valence-electron chi connectivity index (χ2n) is 7.14. The van der Waals surface area contributed by atoms with Crippen molar-refractivity contribution in [3.05, 3.63) is 23.4 Å². The summed E-state index contributed by atoms with van der Waals surface area (Å²) < 4.78 is 0. The average Bonchev–Trinajstić information content (AvgIpc) is 2.63. The highest BCUT2D eigenvalue weighted by molar-refractivity contribution is 6.30. The van der Waals surface area contributed by atoms with Gasteiger partial charge in [-0.25, -0.2) is 4.98 Å². The van der Waals surface area contributed by atoms with Crippen LogP contribution in [0.2, 0.25) is 5.02 Å². The van der Waals surface area contributed by atoms with E-state index in [1.807, 2.05) is 17.0 Å². The molecule has 0 radical (unpaired) electrons. The van der Waals surface area contributed by atoms with E-state index in [2.05, 4.69) is 9.88 Å². The molecule has 148 valence electrons. The molecule has 2 N–H and O–H groups in total. The maximum absolute atomic E-state index is 12.7. The molecular weight excluding hydrogens is 395 g/mol. The van der Waals surface area contributed by atoms with Crippen LogP contribution in [0.4, 0.5) is 5.82 Å². The van der Waals surface area contributed by atoms with Crippen LogP contribution in [0.5, 0.6) is 0 Å². The molecular formula is C18H29Cl3N4O. The van der Waals surface area contributed by atoms with Gasteiger partial charge in [-0.2, -0.15) is 0 Å². The van der Waals surface area contributed by atoms with Gasteiger partial charge in [-0.05, 0) is 36.9 Å². The van der Waals surface area contributed by atoms with Gasteiger partial charge in [0.25, 0.3) is 0 Å². The van der Waals surface area contributed by atoms with Crippen LogP contribution >= 0.6 is 36.4 Å². The summed E-state index contributed by atoms with van der Waals surface area (Å²) in [7, 11) is 0. The van der Waals surface area contributed by atoms with E-state index >= 15 is 0 Å². The van der Waals surface area contributed by atoms with Crippen molar-refractivity contribution >= 4 is 48.1 Å². The number of rotatable bonds is 4. The molecule has 2 aliphatic rings. The summed E-state index contributed by atoms with van der Waals surface area (Å²) in [6.07, 6.45) is 8.18. The van der Waals surface area contributed by atoms with Crippen LogP contribution in [0.15, 0.2) is 18.3 Å². The molecule has 2 heterocycles. The van der Waals surface area contributed by atoms with Crippen molar-refractivity contribution in [2.24, 2.45) is 11.1 Å². The maximum atomic E-state index is 12.7. The molecule has 26 heavy (non-hydrogen) atoms. The molecule has 0 atom stereocenters. The van der Waals surface area contributed by atoms with Gasteiger partial charge < -0.3 is 15.5 Å². The van der Waals surface area contributed by atoms with Crippen molar-refractivity contribution < 1.29 is 4.79 Å².